The first kappa shape index (κ1) is 30.8. The van der Waals surface area contributed by atoms with Gasteiger partial charge in [0.15, 0.2) is 0 Å². The van der Waals surface area contributed by atoms with Gasteiger partial charge in [-0.2, -0.15) is 36.5 Å². The number of ether oxygens (including phenoxy) is 1. The van der Waals surface area contributed by atoms with Crippen molar-refractivity contribution in [3.63, 3.8) is 0 Å². The van der Waals surface area contributed by atoms with Crippen molar-refractivity contribution in [2.45, 2.75) is 64.3 Å². The molecule has 44 heavy (non-hydrogen) atoms. The van der Waals surface area contributed by atoms with Crippen molar-refractivity contribution < 1.29 is 31.1 Å². The van der Waals surface area contributed by atoms with E-state index in [2.05, 4.69) is 25.5 Å². The topological polar surface area (TPSA) is 103 Å². The Labute approximate surface area is 247 Å². The van der Waals surface area contributed by atoms with E-state index in [1.54, 1.807) is 40.8 Å². The van der Waals surface area contributed by atoms with Crippen LogP contribution >= 0.6 is 0 Å². The molecule has 1 atom stereocenters. The van der Waals surface area contributed by atoms with Crippen LogP contribution in [0.2, 0.25) is 0 Å². The molecule has 5 rings (SSSR count). The van der Waals surface area contributed by atoms with Crippen LogP contribution in [0, 0.1) is 0 Å². The van der Waals surface area contributed by atoms with Crippen LogP contribution in [0.3, 0.4) is 0 Å². The van der Waals surface area contributed by atoms with E-state index in [4.69, 9.17) is 4.74 Å². The summed E-state index contributed by atoms with van der Waals surface area (Å²) in [4.78, 5) is 22.2. The van der Waals surface area contributed by atoms with Crippen molar-refractivity contribution in [2.24, 2.45) is 0 Å². The number of nitrogens with one attached hydrogen (secondary N) is 1. The Morgan fingerprint density at radius 3 is 2.32 bits per heavy atom. The molecule has 0 saturated heterocycles. The average molecular weight is 623 g/mol. The highest BCUT2D eigenvalue weighted by molar-refractivity contribution is 5.50. The predicted octanol–water partition coefficient (Wildman–Crippen LogP) is 5.13. The highest BCUT2D eigenvalue weighted by Gasteiger charge is 2.38. The third kappa shape index (κ3) is 6.94. The van der Waals surface area contributed by atoms with Gasteiger partial charge in [-0.15, -0.1) is 0 Å². The highest BCUT2D eigenvalue weighted by Crippen LogP contribution is 2.33. The van der Waals surface area contributed by atoms with Crippen LogP contribution in [0.4, 0.5) is 38.0 Å². The summed E-state index contributed by atoms with van der Waals surface area (Å²) in [5.41, 5.74) is -1.64. The molecule has 0 bridgehead atoms. The molecule has 0 fully saturated rings. The molecule has 0 amide bonds. The quantitative estimate of drug-likeness (QED) is 0.243. The minimum Gasteiger partial charge on any atom is -0.497 e. The maximum atomic E-state index is 14.0. The van der Waals surface area contributed by atoms with Crippen LogP contribution in [0.15, 0.2) is 53.8 Å². The fourth-order valence-electron chi connectivity index (χ4n) is 4.88. The molecule has 1 unspecified atom stereocenters. The van der Waals surface area contributed by atoms with E-state index in [1.165, 1.54) is 7.11 Å². The minimum absolute atomic E-state index is 0.134. The van der Waals surface area contributed by atoms with Crippen molar-refractivity contribution in [2.75, 3.05) is 17.3 Å². The standard InChI is InChI=1S/C28H28F6N8O2/c1-17(38-22-12-37-42(25(43)24(22)28(32,33)34)13-18-5-7-21(44-2)8-6-18)4-3-9-41-15-19-14-40(16-23(19)39-41)26-35-10-20(11-36-26)27(29,30)31/h5-8,10-12,15,17,38H,3-4,9,13-14,16H2,1-2H3. The summed E-state index contributed by atoms with van der Waals surface area (Å²) in [6.45, 7) is 2.79. The van der Waals surface area contributed by atoms with E-state index in [1.807, 2.05) is 6.20 Å². The number of hydrogen-bond donors (Lipinski definition) is 1. The summed E-state index contributed by atoms with van der Waals surface area (Å²) in [6, 6.07) is 6.17. The molecule has 1 aliphatic heterocycles. The van der Waals surface area contributed by atoms with Gasteiger partial charge in [0.2, 0.25) is 5.95 Å². The SMILES string of the molecule is COc1ccc(Cn2ncc(NC(C)CCCn3cc4c(n3)CN(c3ncc(C(F)(F)F)cn3)C4)c(C(F)(F)F)c2=O)cc1. The number of hydrogen-bond acceptors (Lipinski definition) is 8. The Kier molecular flexibility index (Phi) is 8.52. The molecule has 1 N–H and O–H groups in total. The second kappa shape index (κ2) is 12.2. The smallest absolute Gasteiger partial charge is 0.423 e. The van der Waals surface area contributed by atoms with Gasteiger partial charge in [-0.1, -0.05) is 12.1 Å². The summed E-state index contributed by atoms with van der Waals surface area (Å²) in [5.74, 6) is 0.747. The lowest BCUT2D eigenvalue weighted by atomic mass is 10.1. The molecule has 1 aromatic carbocycles. The van der Waals surface area contributed by atoms with E-state index in [9.17, 15) is 31.1 Å². The van der Waals surface area contributed by atoms with Gasteiger partial charge in [0.05, 0.1) is 43.3 Å². The highest BCUT2D eigenvalue weighted by atomic mass is 19.4. The number of aromatic nitrogens is 6. The summed E-state index contributed by atoms with van der Waals surface area (Å²) in [5, 5.41) is 11.3. The lowest BCUT2D eigenvalue weighted by Gasteiger charge is -2.20. The number of methoxy groups -OCH3 is 1. The Bertz CT molecular complexity index is 1630. The summed E-state index contributed by atoms with van der Waals surface area (Å²) in [7, 11) is 1.49. The molecular formula is C28H28F6N8O2. The van der Waals surface area contributed by atoms with Gasteiger partial charge in [0, 0.05) is 43.3 Å². The largest absolute Gasteiger partial charge is 0.497 e. The van der Waals surface area contributed by atoms with Gasteiger partial charge in [0.25, 0.3) is 5.56 Å². The van der Waals surface area contributed by atoms with Gasteiger partial charge in [0.1, 0.15) is 11.3 Å². The molecule has 4 heterocycles. The van der Waals surface area contributed by atoms with Gasteiger partial charge in [-0.25, -0.2) is 14.6 Å². The van der Waals surface area contributed by atoms with Crippen LogP contribution in [0.5, 0.6) is 5.75 Å². The molecule has 3 aromatic heterocycles. The second-order valence-electron chi connectivity index (χ2n) is 10.4. The maximum absolute atomic E-state index is 14.0. The number of halogens is 6. The number of alkyl halides is 6. The first-order chi connectivity index (χ1) is 20.8. The normalized spacial score (nSPS) is 14.0. The van der Waals surface area contributed by atoms with Crippen molar-refractivity contribution in [1.29, 1.82) is 0 Å². The van der Waals surface area contributed by atoms with E-state index < -0.39 is 35.1 Å². The van der Waals surface area contributed by atoms with Crippen LogP contribution < -0.4 is 20.5 Å². The molecule has 0 radical (unpaired) electrons. The lowest BCUT2D eigenvalue weighted by Crippen LogP contribution is -2.33. The van der Waals surface area contributed by atoms with E-state index in [0.717, 1.165) is 34.5 Å². The zero-order valence-electron chi connectivity index (χ0n) is 23.7. The zero-order valence-corrected chi connectivity index (χ0v) is 23.7. The van der Waals surface area contributed by atoms with Crippen molar-refractivity contribution in [3.05, 3.63) is 87.4 Å². The van der Waals surface area contributed by atoms with Crippen LogP contribution in [0.1, 0.15) is 47.7 Å². The van der Waals surface area contributed by atoms with Crippen molar-refractivity contribution in [3.8, 4) is 5.75 Å². The third-order valence-electron chi connectivity index (χ3n) is 7.12. The Morgan fingerprint density at radius 1 is 1.00 bits per heavy atom. The summed E-state index contributed by atoms with van der Waals surface area (Å²) in [6.07, 6.45) is -4.02. The second-order valence-corrected chi connectivity index (χ2v) is 10.4. The number of nitrogens with zero attached hydrogens (tertiary/aromatic N) is 7. The van der Waals surface area contributed by atoms with Gasteiger partial charge < -0.3 is 15.0 Å². The monoisotopic (exact) mass is 622 g/mol. The molecule has 234 valence electrons. The van der Waals surface area contributed by atoms with E-state index >= 15 is 0 Å². The van der Waals surface area contributed by atoms with Gasteiger partial charge in [-0.3, -0.25) is 9.48 Å². The van der Waals surface area contributed by atoms with E-state index in [0.29, 0.717) is 43.8 Å². The third-order valence-corrected chi connectivity index (χ3v) is 7.12. The summed E-state index contributed by atoms with van der Waals surface area (Å²) < 4.78 is 87.8. The zero-order chi connectivity index (χ0) is 31.6. The van der Waals surface area contributed by atoms with Gasteiger partial charge >= 0.3 is 12.4 Å². The van der Waals surface area contributed by atoms with Crippen LogP contribution in [-0.4, -0.2) is 42.7 Å². The molecule has 0 saturated carbocycles. The molecule has 16 heteroatoms. The fraction of sp³-hybridized carbons (Fsp3) is 0.393. The first-order valence-corrected chi connectivity index (χ1v) is 13.6. The molecule has 10 nitrogen and oxygen atoms in total. The Balaban J connectivity index is 1.16. The van der Waals surface area contributed by atoms with E-state index in [-0.39, 0.29) is 18.2 Å². The minimum atomic E-state index is -4.89. The van der Waals surface area contributed by atoms with Crippen LogP contribution in [-0.2, 0) is 38.5 Å². The average Bonchev–Trinajstić information content (AvgIpc) is 3.53. The molecular weight excluding hydrogens is 594 g/mol. The molecule has 1 aliphatic rings. The van der Waals surface area contributed by atoms with Crippen molar-refractivity contribution in [1.82, 2.24) is 29.5 Å². The fourth-order valence-corrected chi connectivity index (χ4v) is 4.88. The molecule has 4 aromatic rings. The number of fused-ring (bicyclic) bond motifs is 1. The number of benzene rings is 1. The van der Waals surface area contributed by atoms with Crippen molar-refractivity contribution >= 4 is 11.6 Å². The maximum Gasteiger partial charge on any atom is 0.423 e. The first-order valence-electron chi connectivity index (χ1n) is 13.6. The van der Waals surface area contributed by atoms with Crippen LogP contribution in [0.25, 0.3) is 0 Å². The Morgan fingerprint density at radius 2 is 1.70 bits per heavy atom. The summed E-state index contributed by atoms with van der Waals surface area (Å²) >= 11 is 0. The predicted molar refractivity (Wildman–Crippen MR) is 147 cm³/mol. The molecule has 0 spiro atoms. The molecule has 0 aliphatic carbocycles. The number of aryl methyl sites for hydroxylation is 1. The number of anilines is 2. The Hall–Kier alpha value is -4.63. The number of rotatable bonds is 10. The lowest BCUT2D eigenvalue weighted by molar-refractivity contribution is -0.139. The van der Waals surface area contributed by atoms with Gasteiger partial charge in [-0.05, 0) is 37.5 Å².